The SMILES string of the molecule is Cc1ccc(C(=O)Cc2cc(F)cc(CN3CCN(C(=O)C4CCC(F)C4)[C@@H](C)C3)c2C)cn1. The summed E-state index contributed by atoms with van der Waals surface area (Å²) in [5, 5.41) is 0. The maximum atomic E-state index is 14.5. The van der Waals surface area contributed by atoms with E-state index < -0.39 is 6.17 Å². The van der Waals surface area contributed by atoms with Gasteiger partial charge < -0.3 is 4.90 Å². The van der Waals surface area contributed by atoms with Gasteiger partial charge in [0.15, 0.2) is 5.78 Å². The number of amides is 1. The molecule has 5 nitrogen and oxygen atoms in total. The molecule has 2 heterocycles. The smallest absolute Gasteiger partial charge is 0.226 e. The molecule has 4 rings (SSSR count). The third kappa shape index (κ3) is 5.52. The minimum absolute atomic E-state index is 0.0175. The summed E-state index contributed by atoms with van der Waals surface area (Å²) in [6.07, 6.45) is 2.29. The lowest BCUT2D eigenvalue weighted by atomic mass is 9.95. The van der Waals surface area contributed by atoms with Crippen LogP contribution in [0.5, 0.6) is 0 Å². The first-order valence-corrected chi connectivity index (χ1v) is 12.1. The molecule has 7 heteroatoms. The summed E-state index contributed by atoms with van der Waals surface area (Å²) in [5.74, 6) is -0.566. The van der Waals surface area contributed by atoms with Crippen molar-refractivity contribution in [1.82, 2.24) is 14.8 Å². The highest BCUT2D eigenvalue weighted by molar-refractivity contribution is 5.97. The van der Waals surface area contributed by atoms with Crippen molar-refractivity contribution in [2.45, 2.75) is 65.2 Å². The first-order valence-electron chi connectivity index (χ1n) is 12.1. The van der Waals surface area contributed by atoms with E-state index in [1.807, 2.05) is 25.7 Å². The molecule has 1 saturated heterocycles. The number of piperazine rings is 1. The molecule has 1 aliphatic heterocycles. The number of aryl methyl sites for hydroxylation is 1. The molecular formula is C27H33F2N3O2. The lowest BCUT2D eigenvalue weighted by molar-refractivity contribution is -0.140. The van der Waals surface area contributed by atoms with Crippen LogP contribution in [0, 0.1) is 25.6 Å². The van der Waals surface area contributed by atoms with Gasteiger partial charge in [-0.05, 0) is 81.0 Å². The summed E-state index contributed by atoms with van der Waals surface area (Å²) in [6.45, 7) is 8.32. The van der Waals surface area contributed by atoms with Crippen LogP contribution in [0.2, 0.25) is 0 Å². The third-order valence-electron chi connectivity index (χ3n) is 7.28. The Balaban J connectivity index is 1.41. The van der Waals surface area contributed by atoms with Crippen LogP contribution in [0.25, 0.3) is 0 Å². The van der Waals surface area contributed by atoms with Gasteiger partial charge >= 0.3 is 0 Å². The molecular weight excluding hydrogens is 436 g/mol. The van der Waals surface area contributed by atoms with Gasteiger partial charge in [-0.25, -0.2) is 8.78 Å². The van der Waals surface area contributed by atoms with E-state index in [1.165, 1.54) is 6.07 Å². The minimum Gasteiger partial charge on any atom is -0.337 e. The number of benzene rings is 1. The van der Waals surface area contributed by atoms with Crippen molar-refractivity contribution in [3.63, 3.8) is 0 Å². The number of nitrogens with zero attached hydrogens (tertiary/aromatic N) is 3. The molecule has 0 radical (unpaired) electrons. The predicted octanol–water partition coefficient (Wildman–Crippen LogP) is 4.43. The molecule has 0 N–H and O–H groups in total. The highest BCUT2D eigenvalue weighted by Crippen LogP contribution is 2.31. The van der Waals surface area contributed by atoms with Gasteiger partial charge in [-0.15, -0.1) is 0 Å². The van der Waals surface area contributed by atoms with Crippen LogP contribution in [0.3, 0.4) is 0 Å². The summed E-state index contributed by atoms with van der Waals surface area (Å²) in [4.78, 5) is 33.9. The molecule has 1 saturated carbocycles. The van der Waals surface area contributed by atoms with E-state index in [2.05, 4.69) is 9.88 Å². The fourth-order valence-electron chi connectivity index (χ4n) is 5.18. The zero-order chi connectivity index (χ0) is 24.4. The molecule has 1 amide bonds. The van der Waals surface area contributed by atoms with E-state index in [4.69, 9.17) is 0 Å². The van der Waals surface area contributed by atoms with Gasteiger partial charge in [0.2, 0.25) is 5.91 Å². The highest BCUT2D eigenvalue weighted by Gasteiger charge is 2.36. The van der Waals surface area contributed by atoms with Crippen molar-refractivity contribution in [3.8, 4) is 0 Å². The summed E-state index contributed by atoms with van der Waals surface area (Å²) in [7, 11) is 0. The van der Waals surface area contributed by atoms with Gasteiger partial charge in [0, 0.05) is 62.0 Å². The quantitative estimate of drug-likeness (QED) is 0.588. The van der Waals surface area contributed by atoms with Crippen LogP contribution in [0.1, 0.15) is 58.9 Å². The second-order valence-corrected chi connectivity index (χ2v) is 9.86. The zero-order valence-corrected chi connectivity index (χ0v) is 20.2. The van der Waals surface area contributed by atoms with Crippen molar-refractivity contribution in [3.05, 3.63) is 64.2 Å². The Bertz CT molecular complexity index is 1060. The number of Topliss-reactive ketones (excluding diaryl/α,β-unsaturated/α-hetero) is 1. The number of ketones is 1. The lowest BCUT2D eigenvalue weighted by Crippen LogP contribution is -2.54. The number of carbonyl (C=O) groups is 2. The normalized spacial score (nSPS) is 23.3. The van der Waals surface area contributed by atoms with Crippen molar-refractivity contribution >= 4 is 11.7 Å². The zero-order valence-electron chi connectivity index (χ0n) is 20.2. The van der Waals surface area contributed by atoms with Crippen LogP contribution in [-0.4, -0.2) is 58.3 Å². The Hall–Kier alpha value is -2.67. The van der Waals surface area contributed by atoms with E-state index in [0.29, 0.717) is 56.6 Å². The van der Waals surface area contributed by atoms with Crippen LogP contribution in [0.4, 0.5) is 8.78 Å². The number of alkyl halides is 1. The number of halogens is 2. The third-order valence-corrected chi connectivity index (χ3v) is 7.28. The molecule has 1 aliphatic carbocycles. The summed E-state index contributed by atoms with van der Waals surface area (Å²) in [6, 6.07) is 6.55. The van der Waals surface area contributed by atoms with E-state index >= 15 is 0 Å². The largest absolute Gasteiger partial charge is 0.337 e. The van der Waals surface area contributed by atoms with E-state index in [-0.39, 0.29) is 35.9 Å². The number of pyridine rings is 1. The molecule has 2 fully saturated rings. The molecule has 2 aliphatic rings. The van der Waals surface area contributed by atoms with Crippen molar-refractivity contribution < 1.29 is 18.4 Å². The molecule has 1 aromatic heterocycles. The molecule has 2 aromatic rings. The van der Waals surface area contributed by atoms with E-state index in [0.717, 1.165) is 16.8 Å². The highest BCUT2D eigenvalue weighted by atomic mass is 19.1. The summed E-state index contributed by atoms with van der Waals surface area (Å²) < 4.78 is 28.1. The molecule has 1 aromatic carbocycles. The minimum atomic E-state index is -0.857. The molecule has 3 atom stereocenters. The fourth-order valence-corrected chi connectivity index (χ4v) is 5.18. The van der Waals surface area contributed by atoms with Crippen molar-refractivity contribution in [2.24, 2.45) is 5.92 Å². The average molecular weight is 470 g/mol. The van der Waals surface area contributed by atoms with Gasteiger partial charge in [-0.1, -0.05) is 0 Å². The van der Waals surface area contributed by atoms with Gasteiger partial charge in [0.1, 0.15) is 12.0 Å². The Morgan fingerprint density at radius 2 is 1.88 bits per heavy atom. The molecule has 2 unspecified atom stereocenters. The first kappa shape index (κ1) is 24.5. The number of rotatable bonds is 6. The molecule has 0 bridgehead atoms. The Morgan fingerprint density at radius 1 is 1.12 bits per heavy atom. The van der Waals surface area contributed by atoms with Crippen LogP contribution in [-0.2, 0) is 17.8 Å². The van der Waals surface area contributed by atoms with Gasteiger partial charge in [0.25, 0.3) is 0 Å². The van der Waals surface area contributed by atoms with Crippen LogP contribution >= 0.6 is 0 Å². The number of carbonyl (C=O) groups excluding carboxylic acids is 2. The lowest BCUT2D eigenvalue weighted by Gasteiger charge is -2.41. The number of aromatic nitrogens is 1. The predicted molar refractivity (Wildman–Crippen MR) is 127 cm³/mol. The maximum Gasteiger partial charge on any atom is 0.226 e. The van der Waals surface area contributed by atoms with Crippen molar-refractivity contribution in [2.75, 3.05) is 19.6 Å². The maximum absolute atomic E-state index is 14.5. The van der Waals surface area contributed by atoms with Gasteiger partial charge in [0.05, 0.1) is 0 Å². The second kappa shape index (κ2) is 10.3. The second-order valence-electron chi connectivity index (χ2n) is 9.86. The first-order chi connectivity index (χ1) is 16.2. The Morgan fingerprint density at radius 3 is 2.53 bits per heavy atom. The van der Waals surface area contributed by atoms with E-state index in [1.54, 1.807) is 24.4 Å². The topological polar surface area (TPSA) is 53.5 Å². The standard InChI is InChI=1S/C27H33F2N3O2/c1-17-4-5-21(14-30-17)26(33)13-22-11-25(29)12-23(19(22)3)16-31-8-9-32(18(2)15-31)27(34)20-6-7-24(28)10-20/h4-5,11-12,14,18,20,24H,6-10,13,15-16H2,1-3H3/t18-,20?,24?/m0/s1. The number of hydrogen-bond donors (Lipinski definition) is 0. The van der Waals surface area contributed by atoms with Crippen LogP contribution < -0.4 is 0 Å². The number of hydrogen-bond acceptors (Lipinski definition) is 4. The molecule has 34 heavy (non-hydrogen) atoms. The van der Waals surface area contributed by atoms with E-state index in [9.17, 15) is 18.4 Å². The fraction of sp³-hybridized carbons (Fsp3) is 0.519. The Kier molecular flexibility index (Phi) is 7.41. The monoisotopic (exact) mass is 469 g/mol. The van der Waals surface area contributed by atoms with Gasteiger partial charge in [-0.3, -0.25) is 19.5 Å². The van der Waals surface area contributed by atoms with Crippen molar-refractivity contribution in [1.29, 1.82) is 0 Å². The molecule has 0 spiro atoms. The van der Waals surface area contributed by atoms with Gasteiger partial charge in [-0.2, -0.15) is 0 Å². The average Bonchev–Trinajstić information content (AvgIpc) is 3.23. The summed E-state index contributed by atoms with van der Waals surface area (Å²) in [5.41, 5.74) is 3.82. The Labute approximate surface area is 200 Å². The van der Waals surface area contributed by atoms with Crippen LogP contribution in [0.15, 0.2) is 30.5 Å². The summed E-state index contributed by atoms with van der Waals surface area (Å²) >= 11 is 0. The molecule has 182 valence electrons.